The Kier molecular flexibility index (Phi) is 5.17. The van der Waals surface area contributed by atoms with Gasteiger partial charge in [0.1, 0.15) is 0 Å². The first kappa shape index (κ1) is 14.3. The van der Waals surface area contributed by atoms with Gasteiger partial charge in [0.25, 0.3) is 0 Å². The van der Waals surface area contributed by atoms with Crippen molar-refractivity contribution in [2.24, 2.45) is 5.73 Å². The topological polar surface area (TPSA) is 140 Å². The lowest BCUT2D eigenvalue weighted by Crippen LogP contribution is -2.09. The summed E-state index contributed by atoms with van der Waals surface area (Å²) < 4.78 is 5.27. The Morgan fingerprint density at radius 1 is 1.11 bits per heavy atom. The Balaban J connectivity index is 0.000000258. The molecule has 0 radical (unpaired) electrons. The van der Waals surface area contributed by atoms with E-state index in [1.165, 1.54) is 0 Å². The van der Waals surface area contributed by atoms with E-state index < -0.39 is 11.9 Å². The Hall–Kier alpha value is -2.74. The van der Waals surface area contributed by atoms with Gasteiger partial charge >= 0.3 is 11.9 Å². The van der Waals surface area contributed by atoms with Crippen molar-refractivity contribution in [3.05, 3.63) is 36.2 Å². The fourth-order valence-corrected chi connectivity index (χ4v) is 1.03. The number of rotatable bonds is 2. The second kappa shape index (κ2) is 6.87. The van der Waals surface area contributed by atoms with E-state index in [4.69, 9.17) is 30.0 Å². The molecule has 0 atom stereocenters. The predicted octanol–water partition coefficient (Wildman–Crippen LogP) is 0.351. The molecule has 1 heterocycles. The normalized spacial score (nSPS) is 9.32. The highest BCUT2D eigenvalue weighted by atomic mass is 16.4. The molecule has 0 unspecified atom stereocenters. The molecule has 2 rings (SSSR count). The van der Waals surface area contributed by atoms with Gasteiger partial charge in [-0.3, -0.25) is 0 Å². The molecular weight excluding hydrogens is 254 g/mol. The smallest absolute Gasteiger partial charge is 0.414 e. The van der Waals surface area contributed by atoms with E-state index >= 15 is 0 Å². The quantitative estimate of drug-likeness (QED) is 0.661. The maximum atomic E-state index is 9.10. The maximum Gasteiger partial charge on any atom is 0.414 e. The van der Waals surface area contributed by atoms with Crippen LogP contribution in [0.25, 0.3) is 11.5 Å². The zero-order chi connectivity index (χ0) is 14.3. The second-order valence-corrected chi connectivity index (χ2v) is 3.18. The summed E-state index contributed by atoms with van der Waals surface area (Å²) >= 11 is 0. The van der Waals surface area contributed by atoms with Crippen LogP contribution in [0.1, 0.15) is 5.89 Å². The van der Waals surface area contributed by atoms with E-state index in [-0.39, 0.29) is 6.54 Å². The summed E-state index contributed by atoms with van der Waals surface area (Å²) in [5, 5.41) is 22.4. The van der Waals surface area contributed by atoms with Crippen LogP contribution in [-0.2, 0) is 16.1 Å². The van der Waals surface area contributed by atoms with Crippen LogP contribution < -0.4 is 5.73 Å². The summed E-state index contributed by atoms with van der Waals surface area (Å²) in [4.78, 5) is 18.2. The molecule has 0 bridgehead atoms. The van der Waals surface area contributed by atoms with Gasteiger partial charge in [-0.15, -0.1) is 10.2 Å². The summed E-state index contributed by atoms with van der Waals surface area (Å²) in [5.74, 6) is -2.68. The average Bonchev–Trinajstić information content (AvgIpc) is 2.89. The van der Waals surface area contributed by atoms with Crippen molar-refractivity contribution in [2.75, 3.05) is 0 Å². The highest BCUT2D eigenvalue weighted by Gasteiger charge is 2.05. The molecule has 8 nitrogen and oxygen atoms in total. The summed E-state index contributed by atoms with van der Waals surface area (Å²) in [6.07, 6.45) is 0. The fraction of sp³-hybridized carbons (Fsp3) is 0.0909. The largest absolute Gasteiger partial charge is 0.473 e. The van der Waals surface area contributed by atoms with E-state index in [0.29, 0.717) is 11.8 Å². The second-order valence-electron chi connectivity index (χ2n) is 3.18. The number of hydrogen-bond donors (Lipinski definition) is 3. The first-order valence-electron chi connectivity index (χ1n) is 5.08. The molecule has 19 heavy (non-hydrogen) atoms. The zero-order valence-electron chi connectivity index (χ0n) is 9.68. The fourth-order valence-electron chi connectivity index (χ4n) is 1.03. The van der Waals surface area contributed by atoms with Crippen molar-refractivity contribution in [3.63, 3.8) is 0 Å². The number of nitrogens with two attached hydrogens (primary N) is 1. The van der Waals surface area contributed by atoms with Crippen molar-refractivity contribution in [2.45, 2.75) is 6.54 Å². The van der Waals surface area contributed by atoms with Crippen LogP contribution in [-0.4, -0.2) is 32.3 Å². The van der Waals surface area contributed by atoms with Crippen molar-refractivity contribution >= 4 is 11.9 Å². The number of carboxylic acid groups (broad SMARTS) is 2. The Bertz CT molecular complexity index is 540. The molecule has 0 saturated heterocycles. The third kappa shape index (κ3) is 4.56. The van der Waals surface area contributed by atoms with Crippen molar-refractivity contribution in [1.82, 2.24) is 10.2 Å². The highest BCUT2D eigenvalue weighted by Crippen LogP contribution is 2.16. The van der Waals surface area contributed by atoms with Gasteiger partial charge in [0.15, 0.2) is 0 Å². The SMILES string of the molecule is NCc1nnc(-c2ccccc2)o1.O=C(O)C(=O)O. The lowest BCUT2D eigenvalue weighted by molar-refractivity contribution is -0.159. The molecule has 1 aromatic heterocycles. The molecule has 2 aromatic rings. The van der Waals surface area contributed by atoms with E-state index in [2.05, 4.69) is 10.2 Å². The standard InChI is InChI=1S/C9H9N3O.C2H2O4/c10-6-8-11-12-9(13-8)7-4-2-1-3-5-7;3-1(4)2(5)6/h1-5H,6,10H2;(H,3,4)(H,5,6). The number of carbonyl (C=O) groups is 2. The Labute approximate surface area is 107 Å². The van der Waals surface area contributed by atoms with Crippen LogP contribution >= 0.6 is 0 Å². The van der Waals surface area contributed by atoms with Crippen LogP contribution in [0.15, 0.2) is 34.7 Å². The predicted molar refractivity (Wildman–Crippen MR) is 62.9 cm³/mol. The third-order valence-corrected chi connectivity index (χ3v) is 1.85. The summed E-state index contributed by atoms with van der Waals surface area (Å²) in [5.41, 5.74) is 6.26. The molecule has 0 aliphatic heterocycles. The zero-order valence-corrected chi connectivity index (χ0v) is 9.68. The summed E-state index contributed by atoms with van der Waals surface area (Å²) in [6.45, 7) is 0.278. The van der Waals surface area contributed by atoms with Gasteiger partial charge in [-0.1, -0.05) is 18.2 Å². The molecule has 0 saturated carbocycles. The molecule has 0 fully saturated rings. The minimum atomic E-state index is -1.82. The molecule has 0 aliphatic carbocycles. The molecular formula is C11H11N3O5. The molecule has 4 N–H and O–H groups in total. The minimum absolute atomic E-state index is 0.278. The number of aromatic nitrogens is 2. The monoisotopic (exact) mass is 265 g/mol. The first-order chi connectivity index (χ1) is 9.04. The number of carboxylic acids is 2. The Morgan fingerprint density at radius 2 is 1.68 bits per heavy atom. The van der Waals surface area contributed by atoms with Gasteiger partial charge < -0.3 is 20.4 Å². The molecule has 100 valence electrons. The molecule has 0 amide bonds. The van der Waals surface area contributed by atoms with Crippen LogP contribution in [0.4, 0.5) is 0 Å². The average molecular weight is 265 g/mol. The molecule has 0 aliphatic rings. The van der Waals surface area contributed by atoms with Gasteiger partial charge in [0.2, 0.25) is 11.8 Å². The van der Waals surface area contributed by atoms with Gasteiger partial charge in [-0.2, -0.15) is 0 Å². The van der Waals surface area contributed by atoms with E-state index in [1.54, 1.807) is 0 Å². The van der Waals surface area contributed by atoms with E-state index in [9.17, 15) is 0 Å². The molecule has 0 spiro atoms. The number of hydrogen-bond acceptors (Lipinski definition) is 6. The van der Waals surface area contributed by atoms with Crippen molar-refractivity contribution in [1.29, 1.82) is 0 Å². The maximum absolute atomic E-state index is 9.10. The van der Waals surface area contributed by atoms with Crippen LogP contribution in [0.2, 0.25) is 0 Å². The van der Waals surface area contributed by atoms with Gasteiger partial charge in [0, 0.05) is 5.56 Å². The minimum Gasteiger partial charge on any atom is -0.473 e. The van der Waals surface area contributed by atoms with Crippen LogP contribution in [0.3, 0.4) is 0 Å². The number of aliphatic carboxylic acids is 2. The van der Waals surface area contributed by atoms with E-state index in [1.807, 2.05) is 30.3 Å². The van der Waals surface area contributed by atoms with Crippen molar-refractivity contribution in [3.8, 4) is 11.5 Å². The lowest BCUT2D eigenvalue weighted by atomic mass is 10.2. The molecule has 8 heteroatoms. The third-order valence-electron chi connectivity index (χ3n) is 1.85. The highest BCUT2D eigenvalue weighted by molar-refractivity contribution is 6.27. The van der Waals surface area contributed by atoms with Crippen molar-refractivity contribution < 1.29 is 24.2 Å². The first-order valence-corrected chi connectivity index (χ1v) is 5.08. The van der Waals surface area contributed by atoms with Crippen LogP contribution in [0.5, 0.6) is 0 Å². The Morgan fingerprint density at radius 3 is 2.11 bits per heavy atom. The van der Waals surface area contributed by atoms with Gasteiger partial charge in [-0.05, 0) is 12.1 Å². The number of nitrogens with zero attached hydrogens (tertiary/aromatic N) is 2. The molecule has 1 aromatic carbocycles. The lowest BCUT2D eigenvalue weighted by Gasteiger charge is -1.91. The van der Waals surface area contributed by atoms with E-state index in [0.717, 1.165) is 5.56 Å². The van der Waals surface area contributed by atoms with Crippen LogP contribution in [0, 0.1) is 0 Å². The van der Waals surface area contributed by atoms with Gasteiger partial charge in [-0.25, -0.2) is 9.59 Å². The summed E-state index contributed by atoms with van der Waals surface area (Å²) in [6, 6.07) is 9.59. The summed E-state index contributed by atoms with van der Waals surface area (Å²) in [7, 11) is 0. The number of benzene rings is 1. The van der Waals surface area contributed by atoms with Gasteiger partial charge in [0.05, 0.1) is 6.54 Å².